The molecule has 1 aromatic carbocycles. The Labute approximate surface area is 133 Å². The Morgan fingerprint density at radius 3 is 2.76 bits per heavy atom. The number of pyridine rings is 1. The van der Waals surface area contributed by atoms with Crippen LogP contribution in [0.2, 0.25) is 5.02 Å². The molecule has 0 bridgehead atoms. The standard InChI is InChI=1S/C16H15Cl2N3/c1-10-7-14-16(19-8-10)21(15(20-14)11(2)17)9-12-5-3-4-6-13(12)18/h3-8,11H,9H2,1-2H3. The first-order valence-corrected chi connectivity index (χ1v) is 7.58. The Balaban J connectivity index is 2.16. The van der Waals surface area contributed by atoms with E-state index in [4.69, 9.17) is 23.2 Å². The van der Waals surface area contributed by atoms with Gasteiger partial charge in [-0.1, -0.05) is 29.8 Å². The third kappa shape index (κ3) is 2.76. The van der Waals surface area contributed by atoms with Gasteiger partial charge in [0.15, 0.2) is 5.65 Å². The van der Waals surface area contributed by atoms with E-state index in [0.717, 1.165) is 33.1 Å². The second kappa shape index (κ2) is 5.66. The molecule has 0 fully saturated rings. The third-order valence-corrected chi connectivity index (χ3v) is 3.96. The molecule has 1 unspecified atom stereocenters. The summed E-state index contributed by atoms with van der Waals surface area (Å²) in [5, 5.41) is 0.543. The molecule has 2 heterocycles. The monoisotopic (exact) mass is 319 g/mol. The Morgan fingerprint density at radius 1 is 1.29 bits per heavy atom. The SMILES string of the molecule is Cc1cnc2c(c1)nc(C(C)Cl)n2Cc1ccccc1Cl. The highest BCUT2D eigenvalue weighted by molar-refractivity contribution is 6.31. The normalized spacial score (nSPS) is 12.8. The molecule has 3 rings (SSSR count). The van der Waals surface area contributed by atoms with Crippen LogP contribution < -0.4 is 0 Å². The lowest BCUT2D eigenvalue weighted by molar-refractivity contribution is 0.736. The summed E-state index contributed by atoms with van der Waals surface area (Å²) in [6.07, 6.45) is 1.84. The van der Waals surface area contributed by atoms with Gasteiger partial charge in [0, 0.05) is 11.2 Å². The molecular formula is C16H15Cl2N3. The van der Waals surface area contributed by atoms with Crippen molar-refractivity contribution < 1.29 is 0 Å². The number of halogens is 2. The van der Waals surface area contributed by atoms with E-state index in [-0.39, 0.29) is 5.38 Å². The molecule has 0 saturated carbocycles. The fourth-order valence-corrected chi connectivity index (χ4v) is 2.75. The average Bonchev–Trinajstić information content (AvgIpc) is 2.79. The first-order valence-electron chi connectivity index (χ1n) is 6.76. The van der Waals surface area contributed by atoms with Crippen molar-refractivity contribution >= 4 is 34.4 Å². The number of nitrogens with zero attached hydrogens (tertiary/aromatic N) is 3. The molecule has 0 spiro atoms. The zero-order valence-corrected chi connectivity index (χ0v) is 13.4. The highest BCUT2D eigenvalue weighted by Gasteiger charge is 2.17. The van der Waals surface area contributed by atoms with Gasteiger partial charge in [0.25, 0.3) is 0 Å². The van der Waals surface area contributed by atoms with Crippen molar-refractivity contribution in [2.45, 2.75) is 25.8 Å². The molecule has 0 amide bonds. The Hall–Kier alpha value is -1.58. The first kappa shape index (κ1) is 14.4. The summed E-state index contributed by atoms with van der Waals surface area (Å²) in [6, 6.07) is 9.81. The van der Waals surface area contributed by atoms with Crippen molar-refractivity contribution in [1.29, 1.82) is 0 Å². The van der Waals surface area contributed by atoms with Crippen molar-refractivity contribution in [1.82, 2.24) is 14.5 Å². The summed E-state index contributed by atoms with van der Waals surface area (Å²) in [4.78, 5) is 9.13. The van der Waals surface area contributed by atoms with Crippen LogP contribution in [0.3, 0.4) is 0 Å². The molecule has 0 aliphatic carbocycles. The largest absolute Gasteiger partial charge is 0.307 e. The molecular weight excluding hydrogens is 305 g/mol. The number of benzene rings is 1. The maximum Gasteiger partial charge on any atom is 0.160 e. The Morgan fingerprint density at radius 2 is 2.05 bits per heavy atom. The van der Waals surface area contributed by atoms with E-state index in [0.29, 0.717) is 6.54 Å². The number of imidazole rings is 1. The zero-order chi connectivity index (χ0) is 15.0. The van der Waals surface area contributed by atoms with Gasteiger partial charge in [-0.15, -0.1) is 11.6 Å². The van der Waals surface area contributed by atoms with Crippen LogP contribution in [0.4, 0.5) is 0 Å². The van der Waals surface area contributed by atoms with Crippen LogP contribution in [0.1, 0.15) is 29.3 Å². The highest BCUT2D eigenvalue weighted by atomic mass is 35.5. The van der Waals surface area contributed by atoms with Gasteiger partial charge in [-0.3, -0.25) is 0 Å². The Bertz CT molecular complexity index is 793. The smallest absolute Gasteiger partial charge is 0.160 e. The van der Waals surface area contributed by atoms with Gasteiger partial charge in [-0.2, -0.15) is 0 Å². The summed E-state index contributed by atoms with van der Waals surface area (Å²) >= 11 is 12.5. The van der Waals surface area contributed by atoms with Crippen LogP contribution in [0.15, 0.2) is 36.5 Å². The van der Waals surface area contributed by atoms with E-state index in [1.54, 1.807) is 0 Å². The van der Waals surface area contributed by atoms with E-state index in [1.165, 1.54) is 0 Å². The maximum absolute atomic E-state index is 6.28. The molecule has 0 aliphatic heterocycles. The van der Waals surface area contributed by atoms with E-state index in [9.17, 15) is 0 Å². The molecule has 1 atom stereocenters. The van der Waals surface area contributed by atoms with E-state index >= 15 is 0 Å². The predicted octanol–water partition coefficient (Wildman–Crippen LogP) is 4.74. The van der Waals surface area contributed by atoms with Crippen LogP contribution >= 0.6 is 23.2 Å². The van der Waals surface area contributed by atoms with Gasteiger partial charge in [-0.25, -0.2) is 9.97 Å². The van der Waals surface area contributed by atoms with Crippen LogP contribution in [0.5, 0.6) is 0 Å². The summed E-state index contributed by atoms with van der Waals surface area (Å²) in [5.74, 6) is 0.810. The minimum atomic E-state index is -0.193. The topological polar surface area (TPSA) is 30.7 Å². The van der Waals surface area contributed by atoms with Gasteiger partial charge >= 0.3 is 0 Å². The summed E-state index contributed by atoms with van der Waals surface area (Å²) in [7, 11) is 0. The third-order valence-electron chi connectivity index (χ3n) is 3.39. The summed E-state index contributed by atoms with van der Waals surface area (Å²) in [6.45, 7) is 4.53. The minimum absolute atomic E-state index is 0.193. The molecule has 0 radical (unpaired) electrons. The minimum Gasteiger partial charge on any atom is -0.307 e. The molecule has 5 heteroatoms. The summed E-state index contributed by atoms with van der Waals surface area (Å²) < 4.78 is 2.04. The zero-order valence-electron chi connectivity index (χ0n) is 11.8. The van der Waals surface area contributed by atoms with Gasteiger partial charge < -0.3 is 4.57 Å². The molecule has 0 saturated heterocycles. The first-order chi connectivity index (χ1) is 10.1. The van der Waals surface area contributed by atoms with Crippen molar-refractivity contribution in [2.75, 3.05) is 0 Å². The predicted molar refractivity (Wildman–Crippen MR) is 87.1 cm³/mol. The molecule has 3 nitrogen and oxygen atoms in total. The highest BCUT2D eigenvalue weighted by Crippen LogP contribution is 2.26. The number of rotatable bonds is 3. The number of aryl methyl sites for hydroxylation is 1. The van der Waals surface area contributed by atoms with Gasteiger partial charge in [0.2, 0.25) is 0 Å². The van der Waals surface area contributed by atoms with Crippen LogP contribution in [-0.2, 0) is 6.54 Å². The van der Waals surface area contributed by atoms with E-state index < -0.39 is 0 Å². The van der Waals surface area contributed by atoms with Crippen molar-refractivity contribution in [3.63, 3.8) is 0 Å². The van der Waals surface area contributed by atoms with Crippen molar-refractivity contribution in [3.05, 3.63) is 58.5 Å². The van der Waals surface area contributed by atoms with Gasteiger partial charge in [0.05, 0.1) is 11.9 Å². The van der Waals surface area contributed by atoms with Crippen molar-refractivity contribution in [3.8, 4) is 0 Å². The quantitative estimate of drug-likeness (QED) is 0.653. The van der Waals surface area contributed by atoms with Gasteiger partial charge in [0.1, 0.15) is 11.3 Å². The lowest BCUT2D eigenvalue weighted by Crippen LogP contribution is -2.07. The van der Waals surface area contributed by atoms with E-state index in [2.05, 4.69) is 9.97 Å². The number of aromatic nitrogens is 3. The fourth-order valence-electron chi connectivity index (χ4n) is 2.39. The fraction of sp³-hybridized carbons (Fsp3) is 0.250. The number of hydrogen-bond acceptors (Lipinski definition) is 2. The lowest BCUT2D eigenvalue weighted by Gasteiger charge is -2.11. The Kier molecular flexibility index (Phi) is 3.87. The molecule has 0 aliphatic rings. The maximum atomic E-state index is 6.28. The average molecular weight is 320 g/mol. The number of alkyl halides is 1. The van der Waals surface area contributed by atoms with Crippen LogP contribution in [0.25, 0.3) is 11.2 Å². The summed E-state index contributed by atoms with van der Waals surface area (Å²) in [5.41, 5.74) is 3.81. The molecule has 3 aromatic rings. The van der Waals surface area contributed by atoms with E-state index in [1.807, 2.05) is 54.9 Å². The van der Waals surface area contributed by atoms with Gasteiger partial charge in [-0.05, 0) is 37.1 Å². The molecule has 21 heavy (non-hydrogen) atoms. The number of hydrogen-bond donors (Lipinski definition) is 0. The molecule has 108 valence electrons. The van der Waals surface area contributed by atoms with Crippen LogP contribution in [-0.4, -0.2) is 14.5 Å². The second-order valence-electron chi connectivity index (χ2n) is 5.12. The second-order valence-corrected chi connectivity index (χ2v) is 6.18. The molecule has 2 aromatic heterocycles. The lowest BCUT2D eigenvalue weighted by atomic mass is 10.2. The number of fused-ring (bicyclic) bond motifs is 1. The van der Waals surface area contributed by atoms with Crippen LogP contribution in [0, 0.1) is 6.92 Å². The van der Waals surface area contributed by atoms with Crippen molar-refractivity contribution in [2.24, 2.45) is 0 Å². The molecule has 0 N–H and O–H groups in total.